The van der Waals surface area contributed by atoms with Gasteiger partial charge in [-0.15, -0.1) is 0 Å². The highest BCUT2D eigenvalue weighted by atomic mass is 15.3. The number of hydrogen-bond donors (Lipinski definition) is 0. The van der Waals surface area contributed by atoms with E-state index in [0.29, 0.717) is 4.68 Å². The molecule has 0 fully saturated rings. The molecule has 0 aliphatic rings. The lowest BCUT2D eigenvalue weighted by Gasteiger charge is -2.23. The van der Waals surface area contributed by atoms with Crippen LogP contribution in [0.3, 0.4) is 0 Å². The number of hydrogen-bond acceptors (Lipinski definition) is 4. The standard InChI is InChI=1S/C17H19N5/c1-16(2,9-18)14-5-13(8-22-12-20-11-21-22)6-15(7-14)17(3,4)10-19/h5-7,11-12H,8H2,1-4H3/i1D3,2D3,5D,6D,7D,8D2. The van der Waals surface area contributed by atoms with Gasteiger partial charge >= 0.3 is 0 Å². The molecule has 0 bridgehead atoms. The minimum absolute atomic E-state index is 0.525. The first-order valence-corrected chi connectivity index (χ1v) is 6.15. The summed E-state index contributed by atoms with van der Waals surface area (Å²) in [7, 11) is 0. The Balaban J connectivity index is 3.30. The van der Waals surface area contributed by atoms with Crippen molar-refractivity contribution in [2.45, 2.75) is 44.9 Å². The third kappa shape index (κ3) is 3.15. The molecule has 2 rings (SSSR count). The van der Waals surface area contributed by atoms with Gasteiger partial charge in [0.15, 0.2) is 0 Å². The molecule has 0 aliphatic carbocycles. The maximum Gasteiger partial charge on any atom is 0.137 e. The summed E-state index contributed by atoms with van der Waals surface area (Å²) in [6.45, 7) is -7.50. The molecule has 1 aromatic heterocycles. The molecule has 112 valence electrons. The van der Waals surface area contributed by atoms with Gasteiger partial charge < -0.3 is 0 Å². The first kappa shape index (κ1) is 6.62. The fourth-order valence-corrected chi connectivity index (χ4v) is 1.52. The van der Waals surface area contributed by atoms with E-state index < -0.39 is 65.8 Å². The highest BCUT2D eigenvalue weighted by Crippen LogP contribution is 2.30. The molecule has 0 N–H and O–H groups in total. The predicted molar refractivity (Wildman–Crippen MR) is 82.8 cm³/mol. The van der Waals surface area contributed by atoms with E-state index in [0.717, 1.165) is 12.7 Å². The first-order valence-electron chi connectivity index (χ1n) is 11.7. The van der Waals surface area contributed by atoms with Crippen LogP contribution in [0.5, 0.6) is 0 Å². The monoisotopic (exact) mass is 304 g/mol. The second-order valence-electron chi connectivity index (χ2n) is 5.05. The van der Waals surface area contributed by atoms with Gasteiger partial charge in [0.1, 0.15) is 12.7 Å². The van der Waals surface area contributed by atoms with Gasteiger partial charge in [-0.05, 0) is 44.2 Å². The summed E-state index contributed by atoms with van der Waals surface area (Å²) in [5.74, 6) is 0. The van der Waals surface area contributed by atoms with E-state index in [1.54, 1.807) is 0 Å². The Morgan fingerprint density at radius 2 is 1.86 bits per heavy atom. The molecule has 2 aromatic rings. The second-order valence-corrected chi connectivity index (χ2v) is 5.05. The molecule has 0 unspecified atom stereocenters. The highest BCUT2D eigenvalue weighted by molar-refractivity contribution is 5.42. The van der Waals surface area contributed by atoms with Crippen LogP contribution in [0.1, 0.15) is 59.3 Å². The molecule has 0 spiro atoms. The Kier molecular flexibility index (Phi) is 1.69. The lowest BCUT2D eigenvalue weighted by molar-refractivity contribution is 0.646. The van der Waals surface area contributed by atoms with Gasteiger partial charge in [-0.25, -0.2) is 9.67 Å². The highest BCUT2D eigenvalue weighted by Gasteiger charge is 2.26. The lowest BCUT2D eigenvalue weighted by Crippen LogP contribution is -2.20. The molecule has 1 heterocycles. The number of rotatable bonds is 4. The quantitative estimate of drug-likeness (QED) is 0.870. The number of benzene rings is 1. The van der Waals surface area contributed by atoms with Crippen LogP contribution >= 0.6 is 0 Å². The van der Waals surface area contributed by atoms with E-state index in [-0.39, 0.29) is 0 Å². The normalized spacial score (nSPS) is 20.8. The van der Waals surface area contributed by atoms with E-state index in [9.17, 15) is 10.5 Å². The molecule has 22 heavy (non-hydrogen) atoms. The molecule has 0 amide bonds. The van der Waals surface area contributed by atoms with E-state index in [4.69, 9.17) is 15.1 Å². The Labute approximate surface area is 146 Å². The smallest absolute Gasteiger partial charge is 0.137 e. The van der Waals surface area contributed by atoms with Crippen molar-refractivity contribution in [3.63, 3.8) is 0 Å². The zero-order valence-corrected chi connectivity index (χ0v) is 11.9. The van der Waals surface area contributed by atoms with Crippen molar-refractivity contribution in [2.24, 2.45) is 0 Å². The van der Waals surface area contributed by atoms with Crippen LogP contribution in [0.25, 0.3) is 0 Å². The van der Waals surface area contributed by atoms with E-state index in [2.05, 4.69) is 10.1 Å². The van der Waals surface area contributed by atoms with Crippen LogP contribution in [-0.4, -0.2) is 14.8 Å². The summed E-state index contributed by atoms with van der Waals surface area (Å²) in [6.07, 6.45) is 1.89. The molecule has 0 saturated carbocycles. The summed E-state index contributed by atoms with van der Waals surface area (Å²) in [5.41, 5.74) is -7.63. The maximum atomic E-state index is 9.88. The van der Waals surface area contributed by atoms with E-state index in [1.807, 2.05) is 6.07 Å². The minimum Gasteiger partial charge on any atom is -0.249 e. The molecular weight excluding hydrogens is 274 g/mol. The molecule has 5 nitrogen and oxygen atoms in total. The Bertz CT molecular complexity index is 1130. The van der Waals surface area contributed by atoms with Crippen LogP contribution in [0.15, 0.2) is 30.8 Å². The average molecular weight is 304 g/mol. The van der Waals surface area contributed by atoms with Crippen molar-refractivity contribution in [1.29, 1.82) is 10.5 Å². The molecule has 0 atom stereocenters. The van der Waals surface area contributed by atoms with Gasteiger partial charge in [0.25, 0.3) is 0 Å². The lowest BCUT2D eigenvalue weighted by atomic mass is 9.79. The van der Waals surface area contributed by atoms with E-state index >= 15 is 0 Å². The minimum atomic E-state index is -3.59. The zero-order valence-electron chi connectivity index (χ0n) is 22.9. The first-order chi connectivity index (χ1) is 14.8. The van der Waals surface area contributed by atoms with Crippen LogP contribution in [0.4, 0.5) is 0 Å². The van der Waals surface area contributed by atoms with Gasteiger partial charge in [0.05, 0.1) is 36.3 Å². The number of aromatic nitrogens is 3. The Morgan fingerprint density at radius 1 is 1.23 bits per heavy atom. The van der Waals surface area contributed by atoms with Crippen molar-refractivity contribution in [3.05, 3.63) is 47.5 Å². The summed E-state index contributed by atoms with van der Waals surface area (Å²) in [4.78, 5) is 3.61. The Hall–Kier alpha value is -2.66. The van der Waals surface area contributed by atoms with Gasteiger partial charge in [-0.3, -0.25) is 0 Å². The second kappa shape index (κ2) is 5.61. The molecular formula is C17H19N5. The summed E-state index contributed by atoms with van der Waals surface area (Å²) >= 11 is 0. The summed E-state index contributed by atoms with van der Waals surface area (Å²) < 4.78 is 90.5. The fourth-order valence-electron chi connectivity index (χ4n) is 1.52. The zero-order chi connectivity index (χ0) is 25.8. The summed E-state index contributed by atoms with van der Waals surface area (Å²) in [6, 6.07) is 0.195. The SMILES string of the molecule is [2H]c1c(C(C)(C)C#N)c([2H])c(C(C#N)(C([2H])([2H])[2H])C([2H])([2H])[2H])c([2H])c1C([2H])([2H])n1cncn1. The van der Waals surface area contributed by atoms with Crippen LogP contribution in [0.2, 0.25) is 0 Å². The van der Waals surface area contributed by atoms with Gasteiger partial charge in [0.2, 0.25) is 0 Å². The van der Waals surface area contributed by atoms with Gasteiger partial charge in [0, 0.05) is 8.22 Å². The van der Waals surface area contributed by atoms with Crippen molar-refractivity contribution >= 4 is 0 Å². The molecule has 0 saturated heterocycles. The van der Waals surface area contributed by atoms with Crippen molar-refractivity contribution in [3.8, 4) is 12.1 Å². The number of nitrogens with zero attached hydrogens (tertiary/aromatic N) is 5. The average Bonchev–Trinajstić information content (AvgIpc) is 3.18. The van der Waals surface area contributed by atoms with Crippen LogP contribution in [-0.2, 0) is 17.3 Å². The molecule has 1 aromatic carbocycles. The topological polar surface area (TPSA) is 78.3 Å². The molecule has 0 radical (unpaired) electrons. The number of nitriles is 2. The van der Waals surface area contributed by atoms with Crippen molar-refractivity contribution < 1.29 is 15.1 Å². The van der Waals surface area contributed by atoms with Crippen LogP contribution < -0.4 is 0 Å². The Morgan fingerprint density at radius 3 is 2.36 bits per heavy atom. The predicted octanol–water partition coefficient (Wildman–Crippen LogP) is 2.93. The van der Waals surface area contributed by atoms with Crippen molar-refractivity contribution in [1.82, 2.24) is 14.8 Å². The largest absolute Gasteiger partial charge is 0.249 e. The van der Waals surface area contributed by atoms with Gasteiger partial charge in [-0.1, -0.05) is 18.1 Å². The molecule has 5 heteroatoms. The van der Waals surface area contributed by atoms with Gasteiger partial charge in [-0.2, -0.15) is 15.6 Å². The van der Waals surface area contributed by atoms with Crippen LogP contribution in [0, 0.1) is 22.7 Å². The third-order valence-electron chi connectivity index (χ3n) is 2.84. The third-order valence-corrected chi connectivity index (χ3v) is 2.84. The van der Waals surface area contributed by atoms with Crippen molar-refractivity contribution in [2.75, 3.05) is 0 Å². The maximum absolute atomic E-state index is 9.88. The fraction of sp³-hybridized carbons (Fsp3) is 0.412. The molecule has 0 aliphatic heterocycles. The summed E-state index contributed by atoms with van der Waals surface area (Å²) in [5, 5.41) is 23.2. The van der Waals surface area contributed by atoms with E-state index in [1.165, 1.54) is 19.9 Å².